The van der Waals surface area contributed by atoms with Crippen LogP contribution in [0.5, 0.6) is 0 Å². The topological polar surface area (TPSA) is 81.8 Å². The number of hydrogen-bond donors (Lipinski definition) is 1. The first-order valence-corrected chi connectivity index (χ1v) is 6.92. The van der Waals surface area contributed by atoms with Crippen LogP contribution in [0.2, 0.25) is 0 Å². The van der Waals surface area contributed by atoms with Gasteiger partial charge in [-0.15, -0.1) is 11.3 Å². The van der Waals surface area contributed by atoms with Gasteiger partial charge in [0.15, 0.2) is 5.76 Å². The van der Waals surface area contributed by atoms with E-state index in [1.165, 1.54) is 23.7 Å². The number of nitrogens with zero attached hydrogens (tertiary/aromatic N) is 1. The van der Waals surface area contributed by atoms with E-state index in [0.717, 1.165) is 5.01 Å². The van der Waals surface area contributed by atoms with E-state index >= 15 is 0 Å². The molecule has 6 nitrogen and oxygen atoms in total. The number of ether oxygens (including phenoxy) is 2. The predicted molar refractivity (Wildman–Crippen MR) is 73.2 cm³/mol. The summed E-state index contributed by atoms with van der Waals surface area (Å²) in [4.78, 5) is 15.2. The summed E-state index contributed by atoms with van der Waals surface area (Å²) in [5.74, 6) is -0.549. The highest BCUT2D eigenvalue weighted by molar-refractivity contribution is 7.09. The maximum Gasteiger partial charge on any atom is 0.338 e. The minimum absolute atomic E-state index is 0.123. The molecule has 0 unspecified atom stereocenters. The van der Waals surface area contributed by atoms with Crippen molar-refractivity contribution >= 4 is 17.3 Å². The normalized spacial score (nSPS) is 10.8. The van der Waals surface area contributed by atoms with Crippen LogP contribution in [0, 0.1) is 0 Å². The number of aromatic carboxylic acids is 1. The molecule has 0 bridgehead atoms. The molecule has 0 saturated carbocycles. The highest BCUT2D eigenvalue weighted by Gasteiger charge is 2.12. The zero-order valence-corrected chi connectivity index (χ0v) is 11.8. The van der Waals surface area contributed by atoms with Crippen LogP contribution in [0.3, 0.4) is 0 Å². The summed E-state index contributed by atoms with van der Waals surface area (Å²) >= 11 is 1.50. The van der Waals surface area contributed by atoms with E-state index in [2.05, 4.69) is 4.98 Å². The van der Waals surface area contributed by atoms with Gasteiger partial charge in [-0.1, -0.05) is 0 Å². The molecule has 0 amide bonds. The number of methoxy groups -OCH3 is 1. The quantitative estimate of drug-likeness (QED) is 0.753. The molecule has 7 heteroatoms. The largest absolute Gasteiger partial charge is 0.478 e. The molecule has 2 heterocycles. The van der Waals surface area contributed by atoms with Crippen molar-refractivity contribution < 1.29 is 23.8 Å². The smallest absolute Gasteiger partial charge is 0.338 e. The molecule has 0 fully saturated rings. The molecule has 1 N–H and O–H groups in total. The van der Waals surface area contributed by atoms with Gasteiger partial charge in [-0.3, -0.25) is 0 Å². The average molecular weight is 297 g/mol. The molecule has 0 saturated heterocycles. The predicted octanol–water partition coefficient (Wildman–Crippen LogP) is 2.31. The number of carbonyl (C=O) groups is 1. The average Bonchev–Trinajstić information content (AvgIpc) is 3.07. The zero-order chi connectivity index (χ0) is 14.4. The molecule has 0 radical (unpaired) electrons. The number of furan rings is 1. The monoisotopic (exact) mass is 297 g/mol. The molecule has 0 aromatic carbocycles. The second kappa shape index (κ2) is 7.18. The van der Waals surface area contributed by atoms with Crippen LogP contribution in [0.25, 0.3) is 11.5 Å². The lowest BCUT2D eigenvalue weighted by molar-refractivity contribution is 0.0696. The highest BCUT2D eigenvalue weighted by atomic mass is 32.1. The fraction of sp³-hybridized carbons (Fsp3) is 0.385. The number of carboxylic acid groups (broad SMARTS) is 1. The minimum atomic E-state index is -1.01. The van der Waals surface area contributed by atoms with Gasteiger partial charge in [-0.2, -0.15) is 0 Å². The summed E-state index contributed by atoms with van der Waals surface area (Å²) in [7, 11) is 1.63. The number of carboxylic acids is 1. The van der Waals surface area contributed by atoms with Crippen molar-refractivity contribution in [2.24, 2.45) is 0 Å². The molecule has 108 valence electrons. The van der Waals surface area contributed by atoms with Crippen LogP contribution in [0.1, 0.15) is 15.4 Å². The van der Waals surface area contributed by atoms with Crippen LogP contribution >= 0.6 is 11.3 Å². The summed E-state index contributed by atoms with van der Waals surface area (Å²) in [6.45, 7) is 1.72. The lowest BCUT2D eigenvalue weighted by atomic mass is 10.3. The van der Waals surface area contributed by atoms with Gasteiger partial charge in [0.05, 0.1) is 30.4 Å². The van der Waals surface area contributed by atoms with Crippen molar-refractivity contribution in [1.29, 1.82) is 0 Å². The Hall–Kier alpha value is -1.70. The molecule has 2 aromatic heterocycles. The fourth-order valence-corrected chi connectivity index (χ4v) is 2.29. The van der Waals surface area contributed by atoms with Crippen LogP contribution in [0.15, 0.2) is 22.1 Å². The Morgan fingerprint density at radius 1 is 1.45 bits per heavy atom. The van der Waals surface area contributed by atoms with Gasteiger partial charge in [0.25, 0.3) is 0 Å². The zero-order valence-electron chi connectivity index (χ0n) is 11.0. The number of aromatic nitrogens is 1. The molecule has 0 aliphatic rings. The van der Waals surface area contributed by atoms with Crippen LogP contribution in [0.4, 0.5) is 0 Å². The van der Waals surface area contributed by atoms with Gasteiger partial charge in [0.1, 0.15) is 12.0 Å². The third kappa shape index (κ3) is 3.89. The summed E-state index contributed by atoms with van der Waals surface area (Å²) in [5.41, 5.74) is 0.770. The fourth-order valence-electron chi connectivity index (χ4n) is 1.53. The van der Waals surface area contributed by atoms with Gasteiger partial charge < -0.3 is 19.0 Å². The van der Waals surface area contributed by atoms with Crippen molar-refractivity contribution in [3.63, 3.8) is 0 Å². The van der Waals surface area contributed by atoms with E-state index in [9.17, 15) is 4.79 Å². The molecule has 0 aliphatic carbocycles. The van der Waals surface area contributed by atoms with Crippen molar-refractivity contribution in [3.8, 4) is 11.5 Å². The van der Waals surface area contributed by atoms with Crippen molar-refractivity contribution in [2.75, 3.05) is 26.9 Å². The molecule has 0 aliphatic heterocycles. The molecule has 0 spiro atoms. The Balaban J connectivity index is 1.89. The molecule has 2 aromatic rings. The first-order chi connectivity index (χ1) is 9.70. The maximum absolute atomic E-state index is 10.8. The summed E-state index contributed by atoms with van der Waals surface area (Å²) in [6.07, 6.45) is 1.92. The second-order valence-corrected chi connectivity index (χ2v) is 4.93. The van der Waals surface area contributed by atoms with Gasteiger partial charge in [0.2, 0.25) is 0 Å². The standard InChI is InChI=1S/C13H15NO5S/c1-17-4-5-18-3-2-12-14-10(8-20-12)11-6-9(7-19-11)13(15)16/h6-8H,2-5H2,1H3,(H,15,16). The number of hydrogen-bond acceptors (Lipinski definition) is 6. The first kappa shape index (κ1) is 14.7. The van der Waals surface area contributed by atoms with Crippen molar-refractivity contribution in [2.45, 2.75) is 6.42 Å². The third-order valence-electron chi connectivity index (χ3n) is 2.54. The number of rotatable bonds is 8. The minimum Gasteiger partial charge on any atom is -0.478 e. The molecule has 20 heavy (non-hydrogen) atoms. The van der Waals surface area contributed by atoms with Gasteiger partial charge in [-0.05, 0) is 0 Å². The second-order valence-electron chi connectivity index (χ2n) is 3.99. The maximum atomic E-state index is 10.8. The Bertz CT molecular complexity index is 563. The van der Waals surface area contributed by atoms with E-state index < -0.39 is 5.97 Å². The third-order valence-corrected chi connectivity index (χ3v) is 3.45. The first-order valence-electron chi connectivity index (χ1n) is 6.04. The molecular weight excluding hydrogens is 282 g/mol. The van der Waals surface area contributed by atoms with Gasteiger partial charge in [-0.25, -0.2) is 9.78 Å². The van der Waals surface area contributed by atoms with E-state index in [-0.39, 0.29) is 5.56 Å². The Labute approximate surface area is 120 Å². The Morgan fingerprint density at radius 2 is 2.30 bits per heavy atom. The van der Waals surface area contributed by atoms with E-state index in [1.54, 1.807) is 7.11 Å². The molecule has 0 atom stereocenters. The Morgan fingerprint density at radius 3 is 3.00 bits per heavy atom. The van der Waals surface area contributed by atoms with Gasteiger partial charge >= 0.3 is 5.97 Å². The molecule has 2 rings (SSSR count). The Kier molecular flexibility index (Phi) is 5.28. The van der Waals surface area contributed by atoms with E-state index in [1.807, 2.05) is 5.38 Å². The van der Waals surface area contributed by atoms with E-state index in [4.69, 9.17) is 19.0 Å². The molecular formula is C13H15NO5S. The lowest BCUT2D eigenvalue weighted by Gasteiger charge is -2.00. The highest BCUT2D eigenvalue weighted by Crippen LogP contribution is 2.24. The van der Waals surface area contributed by atoms with Crippen LogP contribution in [-0.2, 0) is 15.9 Å². The summed E-state index contributed by atoms with van der Waals surface area (Å²) < 4.78 is 15.4. The number of thiazole rings is 1. The van der Waals surface area contributed by atoms with Crippen LogP contribution in [-0.4, -0.2) is 43.0 Å². The SMILES string of the molecule is COCCOCCc1nc(-c2cc(C(=O)O)co2)cs1. The lowest BCUT2D eigenvalue weighted by Crippen LogP contribution is -2.04. The van der Waals surface area contributed by atoms with Crippen molar-refractivity contribution in [1.82, 2.24) is 4.98 Å². The van der Waals surface area contributed by atoms with Crippen molar-refractivity contribution in [3.05, 3.63) is 28.3 Å². The van der Waals surface area contributed by atoms with Crippen LogP contribution < -0.4 is 0 Å². The van der Waals surface area contributed by atoms with Gasteiger partial charge in [0, 0.05) is 25.0 Å². The summed E-state index contributed by atoms with van der Waals surface area (Å²) in [6, 6.07) is 1.47. The van der Waals surface area contributed by atoms with E-state index in [0.29, 0.717) is 37.7 Å². The summed E-state index contributed by atoms with van der Waals surface area (Å²) in [5, 5.41) is 11.6.